The number of hydrogen-bond acceptors (Lipinski definition) is 4. The number of ether oxygens (including phenoxy) is 1. The highest BCUT2D eigenvalue weighted by Crippen LogP contribution is 2.29. The van der Waals surface area contributed by atoms with Crippen LogP contribution >= 0.6 is 35.7 Å². The molecule has 0 saturated carbocycles. The van der Waals surface area contributed by atoms with Crippen LogP contribution in [0.4, 0.5) is 0 Å². The smallest absolute Gasteiger partial charge is 0.191 e. The third-order valence-electron chi connectivity index (χ3n) is 3.68. The van der Waals surface area contributed by atoms with Gasteiger partial charge in [-0.05, 0) is 37.1 Å². The van der Waals surface area contributed by atoms with E-state index in [0.717, 1.165) is 36.2 Å². The molecule has 0 saturated heterocycles. The number of hydrogen-bond donors (Lipinski definition) is 2. The largest absolute Gasteiger partial charge is 0.496 e. The van der Waals surface area contributed by atoms with Crippen LogP contribution in [0.2, 0.25) is 0 Å². The van der Waals surface area contributed by atoms with E-state index in [2.05, 4.69) is 40.5 Å². The van der Waals surface area contributed by atoms with Gasteiger partial charge in [0, 0.05) is 29.9 Å². The van der Waals surface area contributed by atoms with E-state index in [0.29, 0.717) is 12.5 Å². The highest BCUT2D eigenvalue weighted by Gasteiger charge is 2.08. The van der Waals surface area contributed by atoms with E-state index < -0.39 is 0 Å². The van der Waals surface area contributed by atoms with Crippen LogP contribution in [-0.2, 0) is 6.54 Å². The fourth-order valence-corrected chi connectivity index (χ4v) is 3.34. The number of nitrogens with zero attached hydrogens (tertiary/aromatic N) is 2. The maximum absolute atomic E-state index is 5.41. The van der Waals surface area contributed by atoms with Gasteiger partial charge in [0.05, 0.1) is 19.3 Å². The van der Waals surface area contributed by atoms with E-state index in [1.165, 1.54) is 4.90 Å². The van der Waals surface area contributed by atoms with Crippen LogP contribution in [0.15, 0.2) is 58.5 Å². The van der Waals surface area contributed by atoms with Gasteiger partial charge in [-0.3, -0.25) is 4.98 Å². The summed E-state index contributed by atoms with van der Waals surface area (Å²) in [5.74, 6) is 3.26. The summed E-state index contributed by atoms with van der Waals surface area (Å²) in [6.45, 7) is 6.56. The van der Waals surface area contributed by atoms with Gasteiger partial charge in [-0.25, -0.2) is 4.99 Å². The molecule has 0 spiro atoms. The van der Waals surface area contributed by atoms with Gasteiger partial charge in [-0.2, -0.15) is 0 Å². The van der Waals surface area contributed by atoms with Crippen molar-refractivity contribution in [3.63, 3.8) is 0 Å². The number of para-hydroxylation sites is 1. The Hall–Kier alpha value is -1.48. The SMILES string of the molecule is CCNC(=NCc1ccccn1)NCC(C)CSc1ccccc1OC.I. The summed E-state index contributed by atoms with van der Waals surface area (Å²) in [6, 6.07) is 14.0. The lowest BCUT2D eigenvalue weighted by atomic mass is 10.2. The molecule has 0 aliphatic rings. The maximum atomic E-state index is 5.41. The first-order valence-corrected chi connectivity index (χ1v) is 9.89. The van der Waals surface area contributed by atoms with Gasteiger partial charge >= 0.3 is 0 Å². The molecule has 0 bridgehead atoms. The normalized spacial score (nSPS) is 12.0. The zero-order valence-electron chi connectivity index (χ0n) is 16.1. The minimum Gasteiger partial charge on any atom is -0.496 e. The van der Waals surface area contributed by atoms with E-state index in [9.17, 15) is 0 Å². The predicted molar refractivity (Wildman–Crippen MR) is 125 cm³/mol. The van der Waals surface area contributed by atoms with Crippen molar-refractivity contribution in [2.45, 2.75) is 25.3 Å². The van der Waals surface area contributed by atoms with Gasteiger partial charge in [0.2, 0.25) is 0 Å². The highest BCUT2D eigenvalue weighted by atomic mass is 127. The third kappa shape index (κ3) is 8.83. The number of benzene rings is 1. The molecule has 0 fully saturated rings. The number of pyridine rings is 1. The summed E-state index contributed by atoms with van der Waals surface area (Å²) in [5.41, 5.74) is 0.962. The molecule has 7 heteroatoms. The van der Waals surface area contributed by atoms with Crippen molar-refractivity contribution in [2.75, 3.05) is 26.0 Å². The molecule has 0 amide bonds. The van der Waals surface area contributed by atoms with Crippen LogP contribution in [0.25, 0.3) is 0 Å². The van der Waals surface area contributed by atoms with E-state index in [1.807, 2.05) is 48.2 Å². The number of aromatic nitrogens is 1. The predicted octanol–water partition coefficient (Wildman–Crippen LogP) is 4.19. The summed E-state index contributed by atoms with van der Waals surface area (Å²) in [4.78, 5) is 10.1. The van der Waals surface area contributed by atoms with Crippen molar-refractivity contribution < 1.29 is 4.74 Å². The molecule has 2 N–H and O–H groups in total. The summed E-state index contributed by atoms with van der Waals surface area (Å²) in [5, 5.41) is 6.71. The number of methoxy groups -OCH3 is 1. The molecule has 2 aromatic rings. The molecule has 1 unspecified atom stereocenters. The molecule has 1 aromatic heterocycles. The molecular weight excluding hydrogens is 471 g/mol. The Bertz CT molecular complexity index is 685. The number of thioether (sulfide) groups is 1. The lowest BCUT2D eigenvalue weighted by molar-refractivity contribution is 0.405. The fourth-order valence-electron chi connectivity index (χ4n) is 2.29. The van der Waals surface area contributed by atoms with Gasteiger partial charge in [0.1, 0.15) is 5.75 Å². The van der Waals surface area contributed by atoms with Crippen LogP contribution in [0.3, 0.4) is 0 Å². The number of rotatable bonds is 9. The summed E-state index contributed by atoms with van der Waals surface area (Å²) in [6.07, 6.45) is 1.79. The van der Waals surface area contributed by atoms with Gasteiger partial charge in [-0.15, -0.1) is 35.7 Å². The molecule has 1 aromatic carbocycles. The van der Waals surface area contributed by atoms with Crippen molar-refractivity contribution >= 4 is 41.7 Å². The molecule has 2 rings (SSSR count). The van der Waals surface area contributed by atoms with Crippen molar-refractivity contribution in [1.29, 1.82) is 0 Å². The zero-order valence-corrected chi connectivity index (χ0v) is 19.3. The van der Waals surface area contributed by atoms with Crippen molar-refractivity contribution in [1.82, 2.24) is 15.6 Å². The van der Waals surface area contributed by atoms with Gasteiger partial charge in [0.15, 0.2) is 5.96 Å². The van der Waals surface area contributed by atoms with Crippen LogP contribution in [0, 0.1) is 5.92 Å². The average molecular weight is 500 g/mol. The second-order valence-corrected chi connectivity index (χ2v) is 7.03. The summed E-state index contributed by atoms with van der Waals surface area (Å²) < 4.78 is 5.41. The molecule has 0 aliphatic carbocycles. The quantitative estimate of drug-likeness (QED) is 0.234. The van der Waals surface area contributed by atoms with Crippen LogP contribution in [-0.4, -0.2) is 36.9 Å². The Morgan fingerprint density at radius 2 is 1.96 bits per heavy atom. The molecule has 5 nitrogen and oxygen atoms in total. The van der Waals surface area contributed by atoms with Gasteiger partial charge in [-0.1, -0.05) is 25.1 Å². The topological polar surface area (TPSA) is 58.5 Å². The first-order valence-electron chi connectivity index (χ1n) is 8.90. The van der Waals surface area contributed by atoms with Crippen LogP contribution in [0.5, 0.6) is 5.75 Å². The Morgan fingerprint density at radius 1 is 1.19 bits per heavy atom. The Labute approximate surface area is 183 Å². The van der Waals surface area contributed by atoms with Crippen molar-refractivity contribution in [2.24, 2.45) is 10.9 Å². The molecule has 27 heavy (non-hydrogen) atoms. The van der Waals surface area contributed by atoms with Crippen LogP contribution in [0.1, 0.15) is 19.5 Å². The Balaban J connectivity index is 0.00000364. The lowest BCUT2D eigenvalue weighted by Gasteiger charge is -2.16. The zero-order chi connectivity index (χ0) is 18.6. The van der Waals surface area contributed by atoms with Crippen molar-refractivity contribution in [3.8, 4) is 5.75 Å². The molecular formula is C20H29IN4OS. The van der Waals surface area contributed by atoms with E-state index >= 15 is 0 Å². The number of halogens is 1. The first kappa shape index (κ1) is 23.6. The summed E-state index contributed by atoms with van der Waals surface area (Å²) in [7, 11) is 1.71. The lowest BCUT2D eigenvalue weighted by Crippen LogP contribution is -2.39. The van der Waals surface area contributed by atoms with E-state index in [4.69, 9.17) is 4.74 Å². The molecule has 0 radical (unpaired) electrons. The van der Waals surface area contributed by atoms with Gasteiger partial charge in [0.25, 0.3) is 0 Å². The fraction of sp³-hybridized carbons (Fsp3) is 0.400. The van der Waals surface area contributed by atoms with Crippen LogP contribution < -0.4 is 15.4 Å². The van der Waals surface area contributed by atoms with E-state index in [-0.39, 0.29) is 24.0 Å². The van der Waals surface area contributed by atoms with Crippen molar-refractivity contribution in [3.05, 3.63) is 54.4 Å². The number of aliphatic imine (C=N–C) groups is 1. The molecule has 1 atom stereocenters. The molecule has 148 valence electrons. The summed E-state index contributed by atoms with van der Waals surface area (Å²) >= 11 is 1.82. The Morgan fingerprint density at radius 3 is 2.67 bits per heavy atom. The molecule has 1 heterocycles. The number of nitrogens with one attached hydrogen (secondary N) is 2. The molecule has 0 aliphatic heterocycles. The maximum Gasteiger partial charge on any atom is 0.191 e. The second-order valence-electron chi connectivity index (χ2n) is 5.96. The minimum atomic E-state index is 0. The van der Waals surface area contributed by atoms with Gasteiger partial charge < -0.3 is 15.4 Å². The van der Waals surface area contributed by atoms with E-state index in [1.54, 1.807) is 13.3 Å². The third-order valence-corrected chi connectivity index (χ3v) is 5.06. The average Bonchev–Trinajstić information content (AvgIpc) is 2.69. The minimum absolute atomic E-state index is 0. The second kappa shape index (κ2) is 13.7. The highest BCUT2D eigenvalue weighted by molar-refractivity contribution is 14.0. The number of guanidine groups is 1. The standard InChI is InChI=1S/C20H28N4OS.HI/c1-4-21-20(24-14-17-9-7-8-12-22-17)23-13-16(2)15-26-19-11-6-5-10-18(19)25-3;/h5-12,16H,4,13-15H2,1-3H3,(H2,21,23,24);1H. The first-order chi connectivity index (χ1) is 12.7. The Kier molecular flexibility index (Phi) is 11.9. The monoisotopic (exact) mass is 500 g/mol.